The predicted molar refractivity (Wildman–Crippen MR) is 120 cm³/mol. The van der Waals surface area contributed by atoms with Gasteiger partial charge in [0.2, 0.25) is 11.8 Å². The van der Waals surface area contributed by atoms with Crippen LogP contribution in [0.1, 0.15) is 37.8 Å². The van der Waals surface area contributed by atoms with Crippen LogP contribution < -0.4 is 5.32 Å². The van der Waals surface area contributed by atoms with Crippen molar-refractivity contribution in [3.8, 4) is 0 Å². The lowest BCUT2D eigenvalue weighted by atomic mass is 10.1. The Kier molecular flexibility index (Phi) is 9.28. The van der Waals surface area contributed by atoms with Gasteiger partial charge >= 0.3 is 0 Å². The minimum atomic E-state index is -0.583. The summed E-state index contributed by atoms with van der Waals surface area (Å²) in [7, 11) is 0. The van der Waals surface area contributed by atoms with Gasteiger partial charge in [0, 0.05) is 34.6 Å². The largest absolute Gasteiger partial charge is 0.355 e. The Morgan fingerprint density at radius 1 is 1.00 bits per heavy atom. The fourth-order valence-electron chi connectivity index (χ4n) is 3.13. The zero-order chi connectivity index (χ0) is 21.4. The van der Waals surface area contributed by atoms with E-state index in [9.17, 15) is 9.59 Å². The molecule has 0 heterocycles. The SMILES string of the molecule is CCNC(=O)[C@@H](CC)N(Cc1ccc(Cl)cc1Cl)C(=O)CCc1ccccc1Cl. The number of carbonyl (C=O) groups excluding carboxylic acids is 2. The van der Waals surface area contributed by atoms with Crippen molar-refractivity contribution in [2.24, 2.45) is 0 Å². The average Bonchev–Trinajstić information content (AvgIpc) is 2.68. The number of benzene rings is 2. The molecular formula is C22H25Cl3N2O2. The highest BCUT2D eigenvalue weighted by Crippen LogP contribution is 2.24. The molecule has 0 spiro atoms. The van der Waals surface area contributed by atoms with Crippen LogP contribution in [0.2, 0.25) is 15.1 Å². The Balaban J connectivity index is 2.25. The van der Waals surface area contributed by atoms with E-state index in [1.807, 2.05) is 32.0 Å². The number of carbonyl (C=O) groups is 2. The highest BCUT2D eigenvalue weighted by atomic mass is 35.5. The molecule has 156 valence electrons. The molecule has 7 heteroatoms. The molecule has 0 aliphatic heterocycles. The van der Waals surface area contributed by atoms with Crippen LogP contribution in [0.4, 0.5) is 0 Å². The third-order valence-electron chi connectivity index (χ3n) is 4.66. The van der Waals surface area contributed by atoms with E-state index in [1.54, 1.807) is 29.2 Å². The molecule has 1 atom stereocenters. The monoisotopic (exact) mass is 454 g/mol. The molecule has 0 radical (unpaired) electrons. The Morgan fingerprint density at radius 3 is 2.34 bits per heavy atom. The molecule has 29 heavy (non-hydrogen) atoms. The maximum Gasteiger partial charge on any atom is 0.242 e. The molecule has 0 unspecified atom stereocenters. The molecule has 1 N–H and O–H groups in total. The van der Waals surface area contributed by atoms with E-state index in [2.05, 4.69) is 5.32 Å². The summed E-state index contributed by atoms with van der Waals surface area (Å²) in [6.45, 7) is 4.47. The Labute approximate surface area is 187 Å². The first kappa shape index (κ1) is 23.5. The molecule has 4 nitrogen and oxygen atoms in total. The Bertz CT molecular complexity index is 858. The van der Waals surface area contributed by atoms with Crippen LogP contribution in [0.3, 0.4) is 0 Å². The van der Waals surface area contributed by atoms with Crippen molar-refractivity contribution in [1.82, 2.24) is 10.2 Å². The van der Waals surface area contributed by atoms with E-state index in [4.69, 9.17) is 34.8 Å². The smallest absolute Gasteiger partial charge is 0.242 e. The van der Waals surface area contributed by atoms with Crippen molar-refractivity contribution in [2.45, 2.75) is 45.7 Å². The van der Waals surface area contributed by atoms with E-state index in [0.717, 1.165) is 11.1 Å². The molecule has 0 aromatic heterocycles. The van der Waals surface area contributed by atoms with Gasteiger partial charge < -0.3 is 10.2 Å². The van der Waals surface area contributed by atoms with Crippen LogP contribution in [0.15, 0.2) is 42.5 Å². The van der Waals surface area contributed by atoms with Crippen LogP contribution in [0, 0.1) is 0 Å². The third-order valence-corrected chi connectivity index (χ3v) is 5.61. The second-order valence-electron chi connectivity index (χ2n) is 6.67. The van der Waals surface area contributed by atoms with Gasteiger partial charge in [-0.05, 0) is 49.1 Å². The van der Waals surface area contributed by atoms with Gasteiger partial charge in [0.1, 0.15) is 6.04 Å². The normalized spacial score (nSPS) is 11.8. The summed E-state index contributed by atoms with van der Waals surface area (Å²) in [5.74, 6) is -0.305. The topological polar surface area (TPSA) is 49.4 Å². The number of halogens is 3. The van der Waals surface area contributed by atoms with Crippen molar-refractivity contribution in [3.05, 3.63) is 68.7 Å². The van der Waals surface area contributed by atoms with Crippen LogP contribution in [-0.2, 0) is 22.6 Å². The predicted octanol–water partition coefficient (Wildman–Crippen LogP) is 5.52. The second kappa shape index (κ2) is 11.4. The van der Waals surface area contributed by atoms with Crippen molar-refractivity contribution < 1.29 is 9.59 Å². The summed E-state index contributed by atoms with van der Waals surface area (Å²) in [5.41, 5.74) is 1.64. The van der Waals surface area contributed by atoms with Crippen LogP contribution in [-0.4, -0.2) is 29.3 Å². The maximum absolute atomic E-state index is 13.2. The molecule has 2 aromatic carbocycles. The molecule has 2 amide bonds. The fourth-order valence-corrected chi connectivity index (χ4v) is 3.83. The summed E-state index contributed by atoms with van der Waals surface area (Å²) in [6, 6.07) is 12.0. The van der Waals surface area contributed by atoms with Crippen LogP contribution in [0.5, 0.6) is 0 Å². The molecule has 0 bridgehead atoms. The molecule has 0 aliphatic carbocycles. The van der Waals surface area contributed by atoms with Crippen LogP contribution in [0.25, 0.3) is 0 Å². The molecule has 0 saturated heterocycles. The molecule has 0 saturated carbocycles. The van der Waals surface area contributed by atoms with Crippen molar-refractivity contribution in [1.29, 1.82) is 0 Å². The summed E-state index contributed by atoms with van der Waals surface area (Å²) in [6.07, 6.45) is 1.23. The highest BCUT2D eigenvalue weighted by molar-refractivity contribution is 6.35. The molecule has 0 fully saturated rings. The minimum Gasteiger partial charge on any atom is -0.355 e. The number of nitrogens with one attached hydrogen (secondary N) is 1. The summed E-state index contributed by atoms with van der Waals surface area (Å²) in [5, 5.41) is 4.43. The van der Waals surface area contributed by atoms with Gasteiger partial charge in [-0.2, -0.15) is 0 Å². The number of hydrogen-bond donors (Lipinski definition) is 1. The first-order valence-electron chi connectivity index (χ1n) is 9.61. The Morgan fingerprint density at radius 2 is 1.72 bits per heavy atom. The van der Waals surface area contributed by atoms with E-state index < -0.39 is 6.04 Å². The van der Waals surface area contributed by atoms with Gasteiger partial charge in [-0.25, -0.2) is 0 Å². The lowest BCUT2D eigenvalue weighted by Crippen LogP contribution is -2.49. The van der Waals surface area contributed by atoms with E-state index >= 15 is 0 Å². The van der Waals surface area contributed by atoms with Gasteiger partial charge in [-0.15, -0.1) is 0 Å². The Hall–Kier alpha value is -1.75. The first-order chi connectivity index (χ1) is 13.9. The number of rotatable bonds is 9. The van der Waals surface area contributed by atoms with Crippen molar-refractivity contribution in [3.63, 3.8) is 0 Å². The number of likely N-dealkylation sites (N-methyl/N-ethyl adjacent to an activating group) is 1. The molecule has 0 aliphatic rings. The average molecular weight is 456 g/mol. The third kappa shape index (κ3) is 6.63. The van der Waals surface area contributed by atoms with Gasteiger partial charge in [0.25, 0.3) is 0 Å². The summed E-state index contributed by atoms with van der Waals surface area (Å²) in [4.78, 5) is 27.3. The van der Waals surface area contributed by atoms with Gasteiger partial charge in [0.05, 0.1) is 0 Å². The van der Waals surface area contributed by atoms with Crippen LogP contribution >= 0.6 is 34.8 Å². The maximum atomic E-state index is 13.2. The first-order valence-corrected chi connectivity index (χ1v) is 10.7. The number of hydrogen-bond acceptors (Lipinski definition) is 2. The summed E-state index contributed by atoms with van der Waals surface area (Å²) >= 11 is 18.5. The van der Waals surface area contributed by atoms with E-state index in [0.29, 0.717) is 34.5 Å². The number of aryl methyl sites for hydroxylation is 1. The number of amides is 2. The standard InChI is InChI=1S/C22H25Cl3N2O2/c1-3-20(22(29)26-4-2)27(14-16-9-11-17(23)13-19(16)25)21(28)12-10-15-7-5-6-8-18(15)24/h5-9,11,13,20H,3-4,10,12,14H2,1-2H3,(H,26,29)/t20-/m1/s1. The quantitative estimate of drug-likeness (QED) is 0.541. The van der Waals surface area contributed by atoms with Gasteiger partial charge in [-0.1, -0.05) is 66.0 Å². The second-order valence-corrected chi connectivity index (χ2v) is 7.92. The lowest BCUT2D eigenvalue weighted by Gasteiger charge is -2.31. The minimum absolute atomic E-state index is 0.131. The highest BCUT2D eigenvalue weighted by Gasteiger charge is 2.28. The zero-order valence-electron chi connectivity index (χ0n) is 16.6. The van der Waals surface area contributed by atoms with Crippen molar-refractivity contribution >= 4 is 46.6 Å². The van der Waals surface area contributed by atoms with E-state index in [-0.39, 0.29) is 24.8 Å². The summed E-state index contributed by atoms with van der Waals surface area (Å²) < 4.78 is 0. The molecule has 2 rings (SSSR count). The van der Waals surface area contributed by atoms with Gasteiger partial charge in [0.15, 0.2) is 0 Å². The lowest BCUT2D eigenvalue weighted by molar-refractivity contribution is -0.141. The van der Waals surface area contributed by atoms with Gasteiger partial charge in [-0.3, -0.25) is 9.59 Å². The molecule has 2 aromatic rings. The van der Waals surface area contributed by atoms with E-state index in [1.165, 1.54) is 0 Å². The fraction of sp³-hybridized carbons (Fsp3) is 0.364. The van der Waals surface area contributed by atoms with Crippen molar-refractivity contribution in [2.75, 3.05) is 6.54 Å². The zero-order valence-corrected chi connectivity index (χ0v) is 18.8. The number of nitrogens with zero attached hydrogens (tertiary/aromatic N) is 1. The molecular weight excluding hydrogens is 431 g/mol.